The number of aromatic nitrogens is 1. The first-order chi connectivity index (χ1) is 8.49. The highest BCUT2D eigenvalue weighted by Gasteiger charge is 2.18. The smallest absolute Gasteiger partial charge is 0.250 e. The molecular weight excluding hydrogens is 315 g/mol. The van der Waals surface area contributed by atoms with Gasteiger partial charge < -0.3 is 0 Å². The van der Waals surface area contributed by atoms with E-state index in [9.17, 15) is 8.42 Å². The summed E-state index contributed by atoms with van der Waals surface area (Å²) in [5, 5.41) is 0.239. The molecule has 0 spiro atoms. The monoisotopic (exact) mass is 322 g/mol. The van der Waals surface area contributed by atoms with Crippen molar-refractivity contribution in [1.29, 1.82) is 0 Å². The summed E-state index contributed by atoms with van der Waals surface area (Å²) in [7, 11) is -3.59. The Hall–Kier alpha value is -0.660. The van der Waals surface area contributed by atoms with Crippen molar-refractivity contribution in [1.82, 2.24) is 9.71 Å². The maximum Gasteiger partial charge on any atom is 0.250 e. The van der Waals surface area contributed by atoms with E-state index in [-0.39, 0.29) is 20.1 Å². The third-order valence-corrected chi connectivity index (χ3v) is 5.82. The van der Waals surface area contributed by atoms with Gasteiger partial charge in [-0.15, -0.1) is 11.3 Å². The maximum atomic E-state index is 11.9. The Morgan fingerprint density at radius 1 is 1.39 bits per heavy atom. The van der Waals surface area contributed by atoms with E-state index in [1.165, 1.54) is 6.07 Å². The number of sulfonamides is 1. The van der Waals surface area contributed by atoms with Crippen molar-refractivity contribution in [2.75, 3.05) is 0 Å². The number of hydrogen-bond acceptors (Lipinski definition) is 4. The van der Waals surface area contributed by atoms with Gasteiger partial charge in [0.2, 0.25) is 10.0 Å². The highest BCUT2D eigenvalue weighted by atomic mass is 35.5. The summed E-state index contributed by atoms with van der Waals surface area (Å²) in [6.45, 7) is 0.170. The van der Waals surface area contributed by atoms with E-state index in [1.54, 1.807) is 24.5 Å². The lowest BCUT2D eigenvalue weighted by Crippen LogP contribution is -2.22. The Bertz CT molecular complexity index is 622. The second kappa shape index (κ2) is 5.54. The fraction of sp³-hybridized carbons (Fsp3) is 0.100. The molecule has 0 aliphatic heterocycles. The molecule has 2 rings (SSSR count). The van der Waals surface area contributed by atoms with Crippen molar-refractivity contribution in [2.45, 2.75) is 10.8 Å². The molecule has 0 unspecified atom stereocenters. The van der Waals surface area contributed by atoms with Crippen LogP contribution in [0.25, 0.3) is 0 Å². The van der Waals surface area contributed by atoms with Gasteiger partial charge in [0.1, 0.15) is 8.55 Å². The van der Waals surface area contributed by atoms with E-state index in [0.29, 0.717) is 0 Å². The van der Waals surface area contributed by atoms with Gasteiger partial charge >= 0.3 is 0 Å². The van der Waals surface area contributed by atoms with Crippen LogP contribution in [0, 0.1) is 0 Å². The topological polar surface area (TPSA) is 59.1 Å². The summed E-state index contributed by atoms with van der Waals surface area (Å²) in [5.41, 5.74) is 0.773. The van der Waals surface area contributed by atoms with Crippen LogP contribution in [0.2, 0.25) is 9.36 Å². The van der Waals surface area contributed by atoms with Crippen LogP contribution in [0.15, 0.2) is 34.8 Å². The molecule has 4 nitrogen and oxygen atoms in total. The minimum atomic E-state index is -3.59. The van der Waals surface area contributed by atoms with Crippen molar-refractivity contribution in [3.05, 3.63) is 45.5 Å². The van der Waals surface area contributed by atoms with E-state index in [4.69, 9.17) is 23.2 Å². The fourth-order valence-corrected chi connectivity index (χ4v) is 4.15. The Kier molecular flexibility index (Phi) is 4.24. The normalized spacial score (nSPS) is 11.7. The first-order valence-electron chi connectivity index (χ1n) is 4.82. The van der Waals surface area contributed by atoms with Crippen molar-refractivity contribution in [3.63, 3.8) is 0 Å². The van der Waals surface area contributed by atoms with Crippen molar-refractivity contribution in [3.8, 4) is 0 Å². The van der Waals surface area contributed by atoms with Crippen molar-refractivity contribution >= 4 is 44.6 Å². The summed E-state index contributed by atoms with van der Waals surface area (Å²) in [6, 6.07) is 4.85. The van der Waals surface area contributed by atoms with Gasteiger partial charge in [0.05, 0.1) is 5.02 Å². The second-order valence-corrected chi connectivity index (χ2v) is 7.43. The Labute approximate surface area is 119 Å². The quantitative estimate of drug-likeness (QED) is 0.941. The predicted molar refractivity (Wildman–Crippen MR) is 72.6 cm³/mol. The van der Waals surface area contributed by atoms with Crippen LogP contribution in [0.5, 0.6) is 0 Å². The average Bonchev–Trinajstić information content (AvgIpc) is 2.70. The second-order valence-electron chi connectivity index (χ2n) is 3.37. The molecule has 1 N–H and O–H groups in total. The summed E-state index contributed by atoms with van der Waals surface area (Å²) in [4.78, 5) is 3.90. The minimum absolute atomic E-state index is 0.0985. The first kappa shape index (κ1) is 13.8. The highest BCUT2D eigenvalue weighted by molar-refractivity contribution is 7.91. The van der Waals surface area contributed by atoms with Crippen molar-refractivity contribution in [2.24, 2.45) is 0 Å². The molecule has 8 heteroatoms. The number of pyridine rings is 1. The average molecular weight is 323 g/mol. The van der Waals surface area contributed by atoms with Gasteiger partial charge in [-0.05, 0) is 17.7 Å². The first-order valence-corrected chi connectivity index (χ1v) is 7.88. The zero-order valence-electron chi connectivity index (χ0n) is 8.93. The molecule has 0 aliphatic rings. The molecule has 0 amide bonds. The number of thiophene rings is 1. The van der Waals surface area contributed by atoms with E-state index in [1.807, 2.05) is 0 Å². The van der Waals surface area contributed by atoms with Crippen LogP contribution >= 0.6 is 34.5 Å². The Morgan fingerprint density at radius 2 is 2.17 bits per heavy atom. The molecule has 0 saturated carbocycles. The van der Waals surface area contributed by atoms with Gasteiger partial charge in [0.25, 0.3) is 0 Å². The van der Waals surface area contributed by atoms with E-state index >= 15 is 0 Å². The molecule has 96 valence electrons. The number of nitrogens with zero attached hydrogens (tertiary/aromatic N) is 1. The minimum Gasteiger partial charge on any atom is -0.264 e. The van der Waals surface area contributed by atoms with E-state index in [2.05, 4.69) is 9.71 Å². The molecule has 0 aliphatic carbocycles. The number of halogens is 2. The number of nitrogens with one attached hydrogen (secondary N) is 1. The lowest BCUT2D eigenvalue weighted by molar-refractivity contribution is 0.583. The standard InChI is InChI=1S/C10H8Cl2N2O2S2/c11-8-4-9(17-10(8)12)18(15,16)14-6-7-2-1-3-13-5-7/h1-5,14H,6H2. The lowest BCUT2D eigenvalue weighted by Gasteiger charge is -2.03. The van der Waals surface area contributed by atoms with Gasteiger partial charge in [0.15, 0.2) is 0 Å². The molecule has 0 aromatic carbocycles. The third-order valence-electron chi connectivity index (χ3n) is 2.08. The molecule has 18 heavy (non-hydrogen) atoms. The molecule has 0 atom stereocenters. The zero-order valence-corrected chi connectivity index (χ0v) is 12.1. The molecule has 0 saturated heterocycles. The van der Waals surface area contributed by atoms with Gasteiger partial charge in [-0.25, -0.2) is 13.1 Å². The van der Waals surface area contributed by atoms with Gasteiger partial charge in [-0.3, -0.25) is 4.98 Å². The van der Waals surface area contributed by atoms with E-state index < -0.39 is 10.0 Å². The summed E-state index contributed by atoms with van der Waals surface area (Å²) in [6.07, 6.45) is 3.22. The molecule has 0 radical (unpaired) electrons. The molecular formula is C10H8Cl2N2O2S2. The summed E-state index contributed by atoms with van der Waals surface area (Å²) in [5.74, 6) is 0. The van der Waals surface area contributed by atoms with Crippen LogP contribution in [0.3, 0.4) is 0 Å². The Balaban J connectivity index is 2.13. The van der Waals surface area contributed by atoms with Crippen molar-refractivity contribution < 1.29 is 8.42 Å². The number of rotatable bonds is 4. The van der Waals surface area contributed by atoms with Gasteiger partial charge in [-0.1, -0.05) is 29.3 Å². The zero-order chi connectivity index (χ0) is 13.2. The van der Waals surface area contributed by atoms with Crippen LogP contribution in [0.1, 0.15) is 5.56 Å². The predicted octanol–water partition coefficient (Wildman–Crippen LogP) is 2.93. The molecule has 0 bridgehead atoms. The van der Waals surface area contributed by atoms with Gasteiger partial charge in [0, 0.05) is 18.9 Å². The SMILES string of the molecule is O=S(=O)(NCc1cccnc1)c1cc(Cl)c(Cl)s1. The molecule has 2 aromatic rings. The van der Waals surface area contributed by atoms with Crippen LogP contribution in [0.4, 0.5) is 0 Å². The number of hydrogen-bond donors (Lipinski definition) is 1. The Morgan fingerprint density at radius 3 is 2.72 bits per heavy atom. The largest absolute Gasteiger partial charge is 0.264 e. The maximum absolute atomic E-state index is 11.9. The molecule has 2 heterocycles. The van der Waals surface area contributed by atoms with Crippen LogP contribution in [-0.2, 0) is 16.6 Å². The fourth-order valence-electron chi connectivity index (χ4n) is 1.21. The summed E-state index contributed by atoms with van der Waals surface area (Å²) >= 11 is 12.4. The highest BCUT2D eigenvalue weighted by Crippen LogP contribution is 2.34. The van der Waals surface area contributed by atoms with Crippen LogP contribution in [-0.4, -0.2) is 13.4 Å². The summed E-state index contributed by atoms with van der Waals surface area (Å²) < 4.78 is 26.7. The van der Waals surface area contributed by atoms with Gasteiger partial charge in [-0.2, -0.15) is 0 Å². The van der Waals surface area contributed by atoms with Crippen LogP contribution < -0.4 is 4.72 Å². The lowest BCUT2D eigenvalue weighted by atomic mass is 10.3. The molecule has 0 fully saturated rings. The third kappa shape index (κ3) is 3.21. The molecule has 2 aromatic heterocycles. The van der Waals surface area contributed by atoms with E-state index in [0.717, 1.165) is 16.9 Å².